The minimum atomic E-state index is -2.70. The lowest BCUT2D eigenvalue weighted by molar-refractivity contribution is 1.14. The minimum Gasteiger partial charge on any atom is -0.149 e. The van der Waals surface area contributed by atoms with Gasteiger partial charge in [-0.3, -0.25) is 0 Å². The Morgan fingerprint density at radius 2 is 0.735 bits per heavy atom. The Bertz CT molecular complexity index is 1230. The van der Waals surface area contributed by atoms with Gasteiger partial charge in [0, 0.05) is 0 Å². The third-order valence-electron chi connectivity index (χ3n) is 6.30. The van der Waals surface area contributed by atoms with Crippen LogP contribution in [-0.2, 0) is 12.8 Å². The predicted molar refractivity (Wildman–Crippen MR) is 148 cm³/mol. The normalized spacial score (nSPS) is 11.3. The summed E-state index contributed by atoms with van der Waals surface area (Å²) in [5, 5.41) is 3.67. The van der Waals surface area contributed by atoms with E-state index in [9.17, 15) is 0 Å². The fourth-order valence-corrected chi connectivity index (χ4v) is 8.82. The fourth-order valence-electron chi connectivity index (χ4n) is 4.66. The van der Waals surface area contributed by atoms with E-state index in [4.69, 9.17) is 11.1 Å². The van der Waals surface area contributed by atoms with Crippen molar-refractivity contribution >= 4 is 34.0 Å². The van der Waals surface area contributed by atoms with Crippen molar-refractivity contribution in [3.8, 4) is 0 Å². The van der Waals surface area contributed by atoms with Crippen LogP contribution < -0.4 is 15.6 Å². The summed E-state index contributed by atoms with van der Waals surface area (Å²) < 4.78 is 0. The molecule has 0 saturated carbocycles. The molecule has 5 aromatic carbocycles. The first kappa shape index (κ1) is 22.4. The first-order valence-electron chi connectivity index (χ1n) is 11.7. The van der Waals surface area contributed by atoms with Gasteiger partial charge in [-0.05, 0) is 50.7 Å². The van der Waals surface area contributed by atoms with E-state index in [1.165, 1.54) is 37.8 Å². The first-order valence-corrected chi connectivity index (χ1v) is 14.7. The molecule has 0 aliphatic heterocycles. The lowest BCUT2D eigenvalue weighted by atomic mass is 9.99. The van der Waals surface area contributed by atoms with Crippen molar-refractivity contribution in [1.82, 2.24) is 0 Å². The average Bonchev–Trinajstić information content (AvgIpc) is 2.90. The summed E-state index contributed by atoms with van der Waals surface area (Å²) in [6.45, 7) is 0. The molecule has 0 unspecified atom stereocenters. The summed E-state index contributed by atoms with van der Waals surface area (Å²) in [4.78, 5) is 0. The van der Waals surface area contributed by atoms with Gasteiger partial charge in [-0.1, -0.05) is 140 Å². The van der Waals surface area contributed by atoms with E-state index in [1.54, 1.807) is 0 Å². The molecule has 0 amide bonds. The summed E-state index contributed by atoms with van der Waals surface area (Å²) in [7, 11) is -2.70. The van der Waals surface area contributed by atoms with E-state index < -0.39 is 7.38 Å². The van der Waals surface area contributed by atoms with Gasteiger partial charge < -0.3 is 0 Å². The minimum absolute atomic E-state index is 0.890. The van der Waals surface area contributed by atoms with Crippen LogP contribution in [0.5, 0.6) is 0 Å². The number of hydrogen-bond acceptors (Lipinski definition) is 0. The number of hydrogen-bond donors (Lipinski definition) is 0. The maximum atomic E-state index is 7.80. The van der Waals surface area contributed by atoms with Crippen LogP contribution in [0.2, 0.25) is 0 Å². The molecule has 0 nitrogen and oxygen atoms in total. The van der Waals surface area contributed by atoms with E-state index in [0.29, 0.717) is 0 Å². The second kappa shape index (κ2) is 10.3. The highest BCUT2D eigenvalue weighted by Gasteiger charge is 2.38. The Labute approximate surface area is 208 Å². The Kier molecular flexibility index (Phi) is 6.76. The maximum absolute atomic E-state index is 7.80. The third-order valence-corrected chi connectivity index (χ3v) is 11.6. The van der Waals surface area contributed by atoms with Gasteiger partial charge in [0.2, 0.25) is 7.38 Å². The quantitative estimate of drug-likeness (QED) is 0.152. The number of rotatable bonds is 7. The molecule has 5 aromatic rings. The van der Waals surface area contributed by atoms with Crippen molar-refractivity contribution in [1.29, 1.82) is 0 Å². The Hall–Kier alpha value is -3.39. The van der Waals surface area contributed by atoms with Crippen LogP contribution in [0.4, 0.5) is 0 Å². The second-order valence-corrected chi connectivity index (χ2v) is 13.5. The van der Waals surface area contributed by atoms with Gasteiger partial charge in [-0.25, -0.2) is 0 Å². The zero-order valence-electron chi connectivity index (χ0n) is 19.1. The van der Waals surface area contributed by atoms with Crippen molar-refractivity contribution in [2.45, 2.75) is 12.8 Å². The Morgan fingerprint density at radius 3 is 1.12 bits per heavy atom. The SMILES string of the molecule is Cl[Si](c1ccccc1)(c1ccccc1)c1cc(Cc2ccccc2)cc(Cc2ccccc2)c1. The smallest absolute Gasteiger partial charge is 0.149 e. The van der Waals surface area contributed by atoms with Crippen LogP contribution in [-0.4, -0.2) is 7.38 Å². The van der Waals surface area contributed by atoms with Crippen LogP contribution in [0.15, 0.2) is 140 Å². The lowest BCUT2D eigenvalue weighted by Crippen LogP contribution is -2.63. The summed E-state index contributed by atoms with van der Waals surface area (Å²) in [6.07, 6.45) is 1.78. The molecule has 0 saturated heterocycles. The summed E-state index contributed by atoms with van der Waals surface area (Å²) in [6, 6.07) is 49.7. The molecular weight excluding hydrogens is 448 g/mol. The molecule has 0 aliphatic carbocycles. The third kappa shape index (κ3) is 4.91. The van der Waals surface area contributed by atoms with Crippen LogP contribution in [0.1, 0.15) is 22.3 Å². The summed E-state index contributed by atoms with van der Waals surface area (Å²) in [5.41, 5.74) is 5.23. The standard InChI is InChI=1S/C32H27ClSi/c33-34(30-17-9-3-10-18-30,31-19-11-4-12-20-31)32-24-28(21-26-13-5-1-6-14-26)23-29(25-32)22-27-15-7-2-8-16-27/h1-20,23-25H,21-22H2. The topological polar surface area (TPSA) is 0 Å². The van der Waals surface area contributed by atoms with Crippen molar-refractivity contribution in [2.24, 2.45) is 0 Å². The van der Waals surface area contributed by atoms with Crippen LogP contribution in [0.3, 0.4) is 0 Å². The highest BCUT2D eigenvalue weighted by Crippen LogP contribution is 2.19. The van der Waals surface area contributed by atoms with E-state index in [1.807, 2.05) is 0 Å². The van der Waals surface area contributed by atoms with E-state index in [2.05, 4.69) is 140 Å². The molecule has 0 aromatic heterocycles. The van der Waals surface area contributed by atoms with Crippen molar-refractivity contribution in [3.63, 3.8) is 0 Å². The zero-order valence-corrected chi connectivity index (χ0v) is 20.8. The van der Waals surface area contributed by atoms with Gasteiger partial charge in [-0.2, -0.15) is 0 Å². The van der Waals surface area contributed by atoms with Crippen molar-refractivity contribution in [3.05, 3.63) is 162 Å². The van der Waals surface area contributed by atoms with E-state index in [0.717, 1.165) is 12.8 Å². The molecule has 0 N–H and O–H groups in total. The first-order chi connectivity index (χ1) is 16.7. The second-order valence-electron chi connectivity index (χ2n) is 8.75. The van der Waals surface area contributed by atoms with Crippen molar-refractivity contribution in [2.75, 3.05) is 0 Å². The number of benzene rings is 5. The summed E-state index contributed by atoms with van der Waals surface area (Å²) in [5.74, 6) is 0. The monoisotopic (exact) mass is 474 g/mol. The van der Waals surface area contributed by atoms with Crippen molar-refractivity contribution < 1.29 is 0 Å². The number of halogens is 1. The van der Waals surface area contributed by atoms with Gasteiger partial charge in [0.05, 0.1) is 0 Å². The summed E-state index contributed by atoms with van der Waals surface area (Å²) >= 11 is 7.80. The molecule has 0 bridgehead atoms. The average molecular weight is 475 g/mol. The van der Waals surface area contributed by atoms with Gasteiger partial charge in [0.15, 0.2) is 0 Å². The van der Waals surface area contributed by atoms with Gasteiger partial charge in [0.1, 0.15) is 0 Å². The highest BCUT2D eigenvalue weighted by atomic mass is 35.6. The Balaban J connectivity index is 1.67. The molecule has 0 fully saturated rings. The molecule has 0 spiro atoms. The Morgan fingerprint density at radius 1 is 0.382 bits per heavy atom. The largest absolute Gasteiger partial charge is 0.247 e. The molecule has 0 aliphatic rings. The molecule has 5 rings (SSSR count). The molecule has 166 valence electrons. The maximum Gasteiger partial charge on any atom is 0.247 e. The molecule has 2 heteroatoms. The predicted octanol–water partition coefficient (Wildman–Crippen LogP) is 6.07. The van der Waals surface area contributed by atoms with Gasteiger partial charge >= 0.3 is 0 Å². The van der Waals surface area contributed by atoms with Crippen LogP contribution >= 0.6 is 11.1 Å². The molecule has 0 radical (unpaired) electrons. The van der Waals surface area contributed by atoms with Gasteiger partial charge in [-0.15, -0.1) is 11.1 Å². The van der Waals surface area contributed by atoms with Crippen LogP contribution in [0, 0.1) is 0 Å². The zero-order chi connectivity index (χ0) is 23.2. The van der Waals surface area contributed by atoms with E-state index in [-0.39, 0.29) is 0 Å². The van der Waals surface area contributed by atoms with Crippen LogP contribution in [0.25, 0.3) is 0 Å². The fraction of sp³-hybridized carbons (Fsp3) is 0.0625. The molecule has 34 heavy (non-hydrogen) atoms. The van der Waals surface area contributed by atoms with E-state index >= 15 is 0 Å². The highest BCUT2D eigenvalue weighted by molar-refractivity contribution is 7.40. The molecular formula is C32H27ClSi. The lowest BCUT2D eigenvalue weighted by Gasteiger charge is -2.27. The molecule has 0 atom stereocenters. The molecule has 0 heterocycles. The van der Waals surface area contributed by atoms with Gasteiger partial charge in [0.25, 0.3) is 0 Å².